The lowest BCUT2D eigenvalue weighted by Crippen LogP contribution is -2.44. The molecule has 2 aliphatic rings. The summed E-state index contributed by atoms with van der Waals surface area (Å²) in [6.07, 6.45) is 8.15. The molecule has 2 aromatic rings. The molecular weight excluding hydrogens is 304 g/mol. The van der Waals surface area contributed by atoms with Gasteiger partial charge < -0.3 is 5.32 Å². The molecule has 2 atom stereocenters. The van der Waals surface area contributed by atoms with Crippen LogP contribution in [0.2, 0.25) is 0 Å². The number of hydrogen-bond acceptors (Lipinski definition) is 2. The van der Waals surface area contributed by atoms with Gasteiger partial charge in [0.05, 0.1) is 0 Å². The van der Waals surface area contributed by atoms with Gasteiger partial charge in [-0.05, 0) is 62.1 Å². The van der Waals surface area contributed by atoms with Crippen molar-refractivity contribution in [2.75, 3.05) is 18.4 Å². The van der Waals surface area contributed by atoms with E-state index in [1.54, 1.807) is 0 Å². The minimum Gasteiger partial charge on any atom is -0.385 e. The predicted molar refractivity (Wildman–Crippen MR) is 106 cm³/mol. The predicted octanol–water partition coefficient (Wildman–Crippen LogP) is 4.97. The van der Waals surface area contributed by atoms with Crippen LogP contribution >= 0.6 is 0 Å². The van der Waals surface area contributed by atoms with Crippen LogP contribution in [0.1, 0.15) is 37.7 Å². The van der Waals surface area contributed by atoms with E-state index in [0.717, 1.165) is 24.5 Å². The second kappa shape index (κ2) is 8.05. The van der Waals surface area contributed by atoms with Crippen molar-refractivity contribution < 1.29 is 0 Å². The van der Waals surface area contributed by atoms with Gasteiger partial charge in [0.2, 0.25) is 0 Å². The summed E-state index contributed by atoms with van der Waals surface area (Å²) in [5.74, 6) is 0.888. The average Bonchev–Trinajstić information content (AvgIpc) is 2.89. The first-order valence-electron chi connectivity index (χ1n) is 9.97. The molecule has 2 heteroatoms. The van der Waals surface area contributed by atoms with E-state index in [9.17, 15) is 0 Å². The average molecular weight is 335 g/mol. The summed E-state index contributed by atoms with van der Waals surface area (Å²) < 4.78 is 0. The highest BCUT2D eigenvalue weighted by Crippen LogP contribution is 2.39. The Kier molecular flexibility index (Phi) is 5.37. The number of hydrogen-bond donors (Lipinski definition) is 1. The molecule has 2 bridgehead atoms. The zero-order valence-corrected chi connectivity index (χ0v) is 15.1. The Morgan fingerprint density at radius 2 is 1.48 bits per heavy atom. The van der Waals surface area contributed by atoms with Crippen LogP contribution in [-0.4, -0.2) is 30.1 Å². The lowest BCUT2D eigenvalue weighted by atomic mass is 9.86. The van der Waals surface area contributed by atoms with Gasteiger partial charge in [0, 0.05) is 30.9 Å². The lowest BCUT2D eigenvalue weighted by molar-refractivity contribution is 0.103. The Hall–Kier alpha value is -1.80. The molecule has 2 unspecified atom stereocenters. The van der Waals surface area contributed by atoms with E-state index in [1.807, 2.05) is 0 Å². The van der Waals surface area contributed by atoms with Gasteiger partial charge in [-0.2, -0.15) is 0 Å². The molecule has 0 spiro atoms. The van der Waals surface area contributed by atoms with Gasteiger partial charge in [-0.15, -0.1) is 0 Å². The third kappa shape index (κ3) is 4.24. The highest BCUT2D eigenvalue weighted by atomic mass is 15.2. The zero-order chi connectivity index (χ0) is 16.9. The molecule has 0 aliphatic carbocycles. The molecule has 132 valence electrons. The second-order valence-electron chi connectivity index (χ2n) is 7.80. The van der Waals surface area contributed by atoms with Crippen molar-refractivity contribution >= 4 is 5.69 Å². The van der Waals surface area contributed by atoms with E-state index in [2.05, 4.69) is 70.9 Å². The normalized spacial score (nSPS) is 25.8. The number of anilines is 1. The van der Waals surface area contributed by atoms with Gasteiger partial charge in [0.1, 0.15) is 0 Å². The number of para-hydroxylation sites is 1. The molecule has 2 nitrogen and oxygen atoms in total. The maximum Gasteiger partial charge on any atom is 0.0340 e. The van der Waals surface area contributed by atoms with Crippen molar-refractivity contribution in [3.8, 4) is 0 Å². The standard InChI is InChI=1S/C23H30N2/c1-3-8-19(9-4-1)16-20-17-22-12-13-23(18-20)25(22)15-7-14-24-21-10-5-2-6-11-21/h1-6,8-11,20,22-24H,7,12-18H2. The molecule has 1 N–H and O–H groups in total. The summed E-state index contributed by atoms with van der Waals surface area (Å²) >= 11 is 0. The second-order valence-corrected chi connectivity index (χ2v) is 7.80. The molecule has 4 rings (SSSR count). The number of piperidine rings is 1. The summed E-state index contributed by atoms with van der Waals surface area (Å²) in [7, 11) is 0. The molecule has 25 heavy (non-hydrogen) atoms. The number of rotatable bonds is 7. The van der Waals surface area contributed by atoms with Crippen LogP contribution in [0.25, 0.3) is 0 Å². The van der Waals surface area contributed by atoms with E-state index in [0.29, 0.717) is 0 Å². The highest BCUT2D eigenvalue weighted by Gasteiger charge is 2.39. The van der Waals surface area contributed by atoms with Gasteiger partial charge in [0.15, 0.2) is 0 Å². The first-order chi connectivity index (χ1) is 12.4. The molecule has 0 amide bonds. The van der Waals surface area contributed by atoms with E-state index in [4.69, 9.17) is 0 Å². The van der Waals surface area contributed by atoms with Crippen LogP contribution in [0.3, 0.4) is 0 Å². The fourth-order valence-electron chi connectivity index (χ4n) is 4.92. The Labute approximate surface area is 152 Å². The van der Waals surface area contributed by atoms with Crippen molar-refractivity contribution in [3.05, 3.63) is 66.2 Å². The van der Waals surface area contributed by atoms with E-state index in [-0.39, 0.29) is 0 Å². The van der Waals surface area contributed by atoms with E-state index < -0.39 is 0 Å². The summed E-state index contributed by atoms with van der Waals surface area (Å²) in [6.45, 7) is 2.33. The first kappa shape index (κ1) is 16.7. The largest absolute Gasteiger partial charge is 0.385 e. The Balaban J connectivity index is 1.23. The maximum atomic E-state index is 3.55. The molecule has 2 aromatic carbocycles. The first-order valence-corrected chi connectivity index (χ1v) is 9.97. The molecule has 0 radical (unpaired) electrons. The van der Waals surface area contributed by atoms with Crippen molar-refractivity contribution in [2.45, 2.75) is 50.6 Å². The maximum absolute atomic E-state index is 3.55. The van der Waals surface area contributed by atoms with Gasteiger partial charge >= 0.3 is 0 Å². The van der Waals surface area contributed by atoms with Gasteiger partial charge in [-0.25, -0.2) is 0 Å². The molecule has 2 aliphatic heterocycles. The summed E-state index contributed by atoms with van der Waals surface area (Å²) in [5, 5.41) is 3.55. The zero-order valence-electron chi connectivity index (χ0n) is 15.1. The summed E-state index contributed by atoms with van der Waals surface area (Å²) in [6, 6.07) is 23.3. The fraction of sp³-hybridized carbons (Fsp3) is 0.478. The molecule has 2 heterocycles. The molecule has 0 saturated carbocycles. The van der Waals surface area contributed by atoms with E-state index in [1.165, 1.54) is 56.3 Å². The Morgan fingerprint density at radius 3 is 2.16 bits per heavy atom. The fourth-order valence-corrected chi connectivity index (χ4v) is 4.92. The molecule has 0 aromatic heterocycles. The van der Waals surface area contributed by atoms with Crippen LogP contribution < -0.4 is 5.32 Å². The number of fused-ring (bicyclic) bond motifs is 2. The topological polar surface area (TPSA) is 15.3 Å². The number of nitrogens with zero attached hydrogens (tertiary/aromatic N) is 1. The molecular formula is C23H30N2. The third-order valence-electron chi connectivity index (χ3n) is 6.05. The number of nitrogens with one attached hydrogen (secondary N) is 1. The quantitative estimate of drug-likeness (QED) is 0.719. The van der Waals surface area contributed by atoms with Gasteiger partial charge in [0.25, 0.3) is 0 Å². The van der Waals surface area contributed by atoms with Crippen molar-refractivity contribution in [3.63, 3.8) is 0 Å². The van der Waals surface area contributed by atoms with Crippen LogP contribution in [-0.2, 0) is 6.42 Å². The van der Waals surface area contributed by atoms with Gasteiger partial charge in [-0.1, -0.05) is 48.5 Å². The van der Waals surface area contributed by atoms with Crippen molar-refractivity contribution in [1.29, 1.82) is 0 Å². The Morgan fingerprint density at radius 1 is 0.840 bits per heavy atom. The monoisotopic (exact) mass is 334 g/mol. The SMILES string of the molecule is c1ccc(CC2CC3CCC(C2)N3CCCNc2ccccc2)cc1. The smallest absolute Gasteiger partial charge is 0.0340 e. The lowest BCUT2D eigenvalue weighted by Gasteiger charge is -2.39. The Bertz CT molecular complexity index is 626. The van der Waals surface area contributed by atoms with Crippen LogP contribution in [0.5, 0.6) is 0 Å². The van der Waals surface area contributed by atoms with Gasteiger partial charge in [-0.3, -0.25) is 4.90 Å². The van der Waals surface area contributed by atoms with Crippen LogP contribution in [0.15, 0.2) is 60.7 Å². The summed E-state index contributed by atoms with van der Waals surface area (Å²) in [5.41, 5.74) is 2.76. The van der Waals surface area contributed by atoms with Crippen molar-refractivity contribution in [2.24, 2.45) is 5.92 Å². The highest BCUT2D eigenvalue weighted by molar-refractivity contribution is 5.42. The van der Waals surface area contributed by atoms with E-state index >= 15 is 0 Å². The van der Waals surface area contributed by atoms with Crippen molar-refractivity contribution in [1.82, 2.24) is 4.90 Å². The third-order valence-corrected chi connectivity index (χ3v) is 6.05. The van der Waals surface area contributed by atoms with Crippen LogP contribution in [0, 0.1) is 5.92 Å². The summed E-state index contributed by atoms with van der Waals surface area (Å²) in [4.78, 5) is 2.83. The minimum atomic E-state index is 0.837. The molecule has 2 saturated heterocycles. The number of benzene rings is 2. The minimum absolute atomic E-state index is 0.837. The van der Waals surface area contributed by atoms with Crippen LogP contribution in [0.4, 0.5) is 5.69 Å². The molecule has 2 fully saturated rings.